The Balaban J connectivity index is 1.68. The zero-order chi connectivity index (χ0) is 15.5. The number of hydrogen-bond acceptors (Lipinski definition) is 5. The molecule has 1 amide bonds. The number of piperidine rings is 1. The van der Waals surface area contributed by atoms with Gasteiger partial charge in [0.15, 0.2) is 0 Å². The molecule has 0 bridgehead atoms. The summed E-state index contributed by atoms with van der Waals surface area (Å²) in [5.74, 6) is 1.17. The third-order valence-corrected chi connectivity index (χ3v) is 4.90. The summed E-state index contributed by atoms with van der Waals surface area (Å²) < 4.78 is 0. The number of rotatable bonds is 4. The molecule has 2 fully saturated rings. The number of carbonyl (C=O) groups is 1. The topological polar surface area (TPSA) is 100 Å². The molecule has 22 heavy (non-hydrogen) atoms. The summed E-state index contributed by atoms with van der Waals surface area (Å²) in [6.45, 7) is 1.99. The van der Waals surface area contributed by atoms with Crippen LogP contribution in [0.4, 0.5) is 5.82 Å². The first-order valence-electron chi connectivity index (χ1n) is 8.04. The van der Waals surface area contributed by atoms with Crippen molar-refractivity contribution in [3.63, 3.8) is 0 Å². The number of hydrogen-bond donors (Lipinski definition) is 4. The second kappa shape index (κ2) is 6.62. The number of nitrogens with zero attached hydrogens (tertiary/aromatic N) is 1. The molecule has 1 saturated carbocycles. The molecular weight excluding hydrogens is 280 g/mol. The van der Waals surface area contributed by atoms with Crippen molar-refractivity contribution >= 4 is 11.7 Å². The zero-order valence-corrected chi connectivity index (χ0v) is 12.7. The normalized spacial score (nSPS) is 27.0. The molecule has 1 saturated heterocycles. The van der Waals surface area contributed by atoms with Gasteiger partial charge in [0.1, 0.15) is 5.82 Å². The van der Waals surface area contributed by atoms with Gasteiger partial charge in [0.2, 0.25) is 0 Å². The average Bonchev–Trinajstić information content (AvgIpc) is 2.51. The summed E-state index contributed by atoms with van der Waals surface area (Å²) in [7, 11) is 0. The first-order chi connectivity index (χ1) is 10.6. The highest BCUT2D eigenvalue weighted by Crippen LogP contribution is 2.35. The van der Waals surface area contributed by atoms with E-state index in [0.717, 1.165) is 38.8 Å². The van der Waals surface area contributed by atoms with E-state index in [9.17, 15) is 9.90 Å². The van der Waals surface area contributed by atoms with Gasteiger partial charge < -0.3 is 21.5 Å². The van der Waals surface area contributed by atoms with Crippen LogP contribution in [0.5, 0.6) is 0 Å². The number of pyridine rings is 1. The van der Waals surface area contributed by atoms with Crippen LogP contribution in [0.3, 0.4) is 0 Å². The van der Waals surface area contributed by atoms with E-state index in [1.165, 1.54) is 6.20 Å². The van der Waals surface area contributed by atoms with Crippen molar-refractivity contribution in [2.45, 2.75) is 37.8 Å². The molecule has 1 atom stereocenters. The van der Waals surface area contributed by atoms with Crippen LogP contribution in [0.25, 0.3) is 0 Å². The molecule has 2 aliphatic rings. The minimum Gasteiger partial charge on any atom is -0.393 e. The van der Waals surface area contributed by atoms with Crippen molar-refractivity contribution in [2.75, 3.05) is 18.8 Å². The SMILES string of the molecule is Nc1ccc(C(=O)N[C@H](C2CCNCC2)C2CC(O)C2)cn1. The summed E-state index contributed by atoms with van der Waals surface area (Å²) in [6.07, 6.45) is 5.02. The minimum atomic E-state index is -0.204. The number of nitrogens with one attached hydrogen (secondary N) is 2. The number of anilines is 1. The van der Waals surface area contributed by atoms with Crippen LogP contribution in [0, 0.1) is 11.8 Å². The maximum Gasteiger partial charge on any atom is 0.253 e. The van der Waals surface area contributed by atoms with E-state index in [2.05, 4.69) is 15.6 Å². The van der Waals surface area contributed by atoms with Gasteiger partial charge in [0.05, 0.1) is 11.7 Å². The Morgan fingerprint density at radius 3 is 2.64 bits per heavy atom. The highest BCUT2D eigenvalue weighted by molar-refractivity contribution is 5.94. The highest BCUT2D eigenvalue weighted by atomic mass is 16.3. The molecule has 0 spiro atoms. The van der Waals surface area contributed by atoms with Crippen LogP contribution in [0.1, 0.15) is 36.0 Å². The van der Waals surface area contributed by atoms with Crippen LogP contribution in [0.2, 0.25) is 0 Å². The second-order valence-corrected chi connectivity index (χ2v) is 6.44. The van der Waals surface area contributed by atoms with Gasteiger partial charge in [-0.05, 0) is 62.7 Å². The van der Waals surface area contributed by atoms with Crippen LogP contribution in [-0.2, 0) is 0 Å². The van der Waals surface area contributed by atoms with E-state index in [1.807, 2.05) is 0 Å². The lowest BCUT2D eigenvalue weighted by Gasteiger charge is -2.43. The maximum absolute atomic E-state index is 12.5. The first kappa shape index (κ1) is 15.2. The summed E-state index contributed by atoms with van der Waals surface area (Å²) in [4.78, 5) is 16.4. The van der Waals surface area contributed by atoms with Crippen molar-refractivity contribution in [1.29, 1.82) is 0 Å². The van der Waals surface area contributed by atoms with E-state index in [4.69, 9.17) is 5.73 Å². The summed E-state index contributed by atoms with van der Waals surface area (Å²) in [5, 5.41) is 16.1. The monoisotopic (exact) mass is 304 g/mol. The number of amides is 1. The third kappa shape index (κ3) is 3.39. The van der Waals surface area contributed by atoms with Crippen molar-refractivity contribution in [1.82, 2.24) is 15.6 Å². The van der Waals surface area contributed by atoms with Gasteiger partial charge in [-0.2, -0.15) is 0 Å². The number of carbonyl (C=O) groups excluding carboxylic acids is 1. The Labute approximate surface area is 130 Å². The van der Waals surface area contributed by atoms with Crippen molar-refractivity contribution in [2.24, 2.45) is 11.8 Å². The van der Waals surface area contributed by atoms with Gasteiger partial charge in [-0.25, -0.2) is 4.98 Å². The lowest BCUT2D eigenvalue weighted by atomic mass is 9.71. The van der Waals surface area contributed by atoms with Crippen LogP contribution < -0.4 is 16.4 Å². The number of aliphatic hydroxyl groups excluding tert-OH is 1. The second-order valence-electron chi connectivity index (χ2n) is 6.44. The molecule has 3 rings (SSSR count). The third-order valence-electron chi connectivity index (χ3n) is 4.90. The number of aromatic nitrogens is 1. The molecule has 2 heterocycles. The number of aliphatic hydroxyl groups is 1. The van der Waals surface area contributed by atoms with E-state index in [1.54, 1.807) is 12.1 Å². The summed E-state index contributed by atoms with van der Waals surface area (Å²) in [6, 6.07) is 3.48. The molecule has 1 aromatic rings. The fraction of sp³-hybridized carbons (Fsp3) is 0.625. The van der Waals surface area contributed by atoms with E-state index >= 15 is 0 Å². The maximum atomic E-state index is 12.5. The fourth-order valence-corrected chi connectivity index (χ4v) is 3.52. The predicted octanol–water partition coefficient (Wildman–Crippen LogP) is 0.533. The zero-order valence-electron chi connectivity index (χ0n) is 12.7. The van der Waals surface area contributed by atoms with E-state index in [-0.39, 0.29) is 18.1 Å². The van der Waals surface area contributed by atoms with Crippen molar-refractivity contribution in [3.05, 3.63) is 23.9 Å². The smallest absolute Gasteiger partial charge is 0.253 e. The molecule has 0 radical (unpaired) electrons. The van der Waals surface area contributed by atoms with Crippen LogP contribution >= 0.6 is 0 Å². The minimum absolute atomic E-state index is 0.0996. The van der Waals surface area contributed by atoms with Crippen molar-refractivity contribution < 1.29 is 9.90 Å². The quantitative estimate of drug-likeness (QED) is 0.650. The number of nitrogens with two attached hydrogens (primary N) is 1. The fourth-order valence-electron chi connectivity index (χ4n) is 3.52. The molecule has 6 heteroatoms. The molecule has 5 N–H and O–H groups in total. The van der Waals surface area contributed by atoms with Crippen molar-refractivity contribution in [3.8, 4) is 0 Å². The summed E-state index contributed by atoms with van der Waals surface area (Å²) in [5.41, 5.74) is 6.10. The highest BCUT2D eigenvalue weighted by Gasteiger charge is 2.39. The van der Waals surface area contributed by atoms with Gasteiger partial charge in [-0.3, -0.25) is 4.79 Å². The average molecular weight is 304 g/mol. The molecule has 1 aromatic heterocycles. The molecular formula is C16H24N4O2. The molecule has 0 aromatic carbocycles. The molecule has 1 aliphatic carbocycles. The standard InChI is InChI=1S/C16H24N4O2/c17-14-2-1-11(9-19-14)16(22)20-15(12-7-13(21)8-12)10-3-5-18-6-4-10/h1-2,9-10,12-13,15,18,21H,3-8H2,(H2,17,19)(H,20,22)/t12?,13?,15-/m1/s1. The van der Waals surface area contributed by atoms with Gasteiger partial charge in [-0.1, -0.05) is 0 Å². The summed E-state index contributed by atoms with van der Waals surface area (Å²) >= 11 is 0. The number of nitrogen functional groups attached to an aromatic ring is 1. The Bertz CT molecular complexity index is 507. The molecule has 1 aliphatic heterocycles. The Morgan fingerprint density at radius 1 is 1.32 bits per heavy atom. The first-order valence-corrected chi connectivity index (χ1v) is 8.04. The Hall–Kier alpha value is -1.66. The molecule has 6 nitrogen and oxygen atoms in total. The van der Waals surface area contributed by atoms with Gasteiger partial charge in [0, 0.05) is 12.2 Å². The Kier molecular flexibility index (Phi) is 4.59. The lowest BCUT2D eigenvalue weighted by molar-refractivity contribution is 0.00918. The van der Waals surface area contributed by atoms with E-state index < -0.39 is 0 Å². The van der Waals surface area contributed by atoms with E-state index in [0.29, 0.717) is 23.2 Å². The van der Waals surface area contributed by atoms with Gasteiger partial charge in [0.25, 0.3) is 5.91 Å². The Morgan fingerprint density at radius 2 is 2.05 bits per heavy atom. The van der Waals surface area contributed by atoms with Gasteiger partial charge >= 0.3 is 0 Å². The lowest BCUT2D eigenvalue weighted by Crippen LogP contribution is -2.52. The largest absolute Gasteiger partial charge is 0.393 e. The van der Waals surface area contributed by atoms with Crippen LogP contribution in [-0.4, -0.2) is 41.2 Å². The molecule has 120 valence electrons. The predicted molar refractivity (Wildman–Crippen MR) is 84.2 cm³/mol. The van der Waals surface area contributed by atoms with Crippen LogP contribution in [0.15, 0.2) is 18.3 Å². The van der Waals surface area contributed by atoms with Gasteiger partial charge in [-0.15, -0.1) is 0 Å². The molecule has 0 unspecified atom stereocenters.